The van der Waals surface area contributed by atoms with Crippen LogP contribution in [0.15, 0.2) is 35.9 Å². The summed E-state index contributed by atoms with van der Waals surface area (Å²) < 4.78 is 9.58. The normalized spacial score (nSPS) is 14.5. The third kappa shape index (κ3) is 3.06. The molecule has 1 N–H and O–H groups in total. The summed E-state index contributed by atoms with van der Waals surface area (Å²) in [5, 5.41) is 10.6. The second-order valence-corrected chi connectivity index (χ2v) is 5.60. The number of pyridine rings is 1. The van der Waals surface area contributed by atoms with Crippen LogP contribution in [-0.4, -0.2) is 55.4 Å². The van der Waals surface area contributed by atoms with Crippen LogP contribution < -0.4 is 4.90 Å². The van der Waals surface area contributed by atoms with Gasteiger partial charge in [-0.2, -0.15) is 0 Å². The topological polar surface area (TPSA) is 89.0 Å². The zero-order chi connectivity index (χ0) is 18.0. The summed E-state index contributed by atoms with van der Waals surface area (Å²) >= 11 is 0. The zero-order valence-electron chi connectivity index (χ0n) is 13.9. The maximum absolute atomic E-state index is 12.1. The first-order valence-corrected chi connectivity index (χ1v) is 7.73. The van der Waals surface area contributed by atoms with Gasteiger partial charge < -0.3 is 19.5 Å². The minimum absolute atomic E-state index is 0.0886. The molecule has 0 radical (unpaired) electrons. The molecule has 2 heterocycles. The highest BCUT2D eigenvalue weighted by molar-refractivity contribution is 5.99. The number of hydrogen-bond donors (Lipinski definition) is 1. The average Bonchev–Trinajstić information content (AvgIpc) is 2.65. The van der Waals surface area contributed by atoms with Crippen molar-refractivity contribution in [2.75, 3.05) is 32.3 Å². The van der Waals surface area contributed by atoms with Crippen molar-refractivity contribution in [1.82, 2.24) is 4.98 Å². The molecule has 0 aliphatic carbocycles. The van der Waals surface area contributed by atoms with E-state index in [1.807, 2.05) is 30.3 Å². The third-order valence-corrected chi connectivity index (χ3v) is 4.14. The molecule has 0 saturated carbocycles. The first kappa shape index (κ1) is 16.9. The predicted octanol–water partition coefficient (Wildman–Crippen LogP) is 1.15. The molecule has 7 heteroatoms. The van der Waals surface area contributed by atoms with Crippen LogP contribution in [0.25, 0.3) is 17.0 Å². The van der Waals surface area contributed by atoms with E-state index in [1.165, 1.54) is 14.2 Å². The largest absolute Gasteiger partial charge is 0.467 e. The Labute approximate surface area is 144 Å². The number of aromatic nitrogens is 1. The highest BCUT2D eigenvalue weighted by Gasteiger charge is 2.33. The first-order chi connectivity index (χ1) is 12.1. The van der Waals surface area contributed by atoms with Crippen LogP contribution >= 0.6 is 0 Å². The Balaban J connectivity index is 2.18. The average molecular weight is 342 g/mol. The standard InChI is InChI=1S/C18H18N2O5/c1-24-17(22)13-8-12-7-11-5-3-4-6-14(11)19-16(12)20(9-13)15(10-21)18(23)25-2/h3-8,15,21H,9-10H2,1-2H3/t15-/m0/s1. The van der Waals surface area contributed by atoms with Gasteiger partial charge in [0.25, 0.3) is 0 Å². The van der Waals surface area contributed by atoms with Gasteiger partial charge in [-0.3, -0.25) is 0 Å². The predicted molar refractivity (Wildman–Crippen MR) is 92.0 cm³/mol. The molecule has 1 aliphatic rings. The molecule has 0 spiro atoms. The summed E-state index contributed by atoms with van der Waals surface area (Å²) in [5.41, 5.74) is 1.80. The Morgan fingerprint density at radius 3 is 2.72 bits per heavy atom. The molecule has 0 amide bonds. The lowest BCUT2D eigenvalue weighted by atomic mass is 10.0. The molecular formula is C18H18N2O5. The van der Waals surface area contributed by atoms with Gasteiger partial charge in [-0.05, 0) is 18.2 Å². The Bertz CT molecular complexity index is 862. The molecule has 3 rings (SSSR count). The van der Waals surface area contributed by atoms with Gasteiger partial charge in [0, 0.05) is 10.9 Å². The minimum Gasteiger partial charge on any atom is -0.467 e. The maximum atomic E-state index is 12.1. The molecule has 7 nitrogen and oxygen atoms in total. The Morgan fingerprint density at radius 1 is 1.28 bits per heavy atom. The third-order valence-electron chi connectivity index (χ3n) is 4.14. The lowest BCUT2D eigenvalue weighted by Gasteiger charge is -2.34. The summed E-state index contributed by atoms with van der Waals surface area (Å²) in [6.07, 6.45) is 1.70. The van der Waals surface area contributed by atoms with E-state index in [0.29, 0.717) is 17.0 Å². The van der Waals surface area contributed by atoms with E-state index in [9.17, 15) is 14.7 Å². The van der Waals surface area contributed by atoms with E-state index < -0.39 is 24.6 Å². The molecular weight excluding hydrogens is 324 g/mol. The fourth-order valence-corrected chi connectivity index (χ4v) is 2.90. The second-order valence-electron chi connectivity index (χ2n) is 5.60. The number of nitrogens with zero attached hydrogens (tertiary/aromatic N) is 2. The molecule has 1 aromatic heterocycles. The Kier molecular flexibility index (Phi) is 4.67. The van der Waals surface area contributed by atoms with Gasteiger partial charge in [-0.25, -0.2) is 14.6 Å². The second kappa shape index (κ2) is 6.90. The number of ether oxygens (including phenoxy) is 2. The van der Waals surface area contributed by atoms with E-state index in [-0.39, 0.29) is 6.54 Å². The lowest BCUT2D eigenvalue weighted by molar-refractivity contribution is -0.143. The highest BCUT2D eigenvalue weighted by Crippen LogP contribution is 2.32. The van der Waals surface area contributed by atoms with E-state index in [4.69, 9.17) is 9.47 Å². The summed E-state index contributed by atoms with van der Waals surface area (Å²) in [4.78, 5) is 30.3. The van der Waals surface area contributed by atoms with Gasteiger partial charge in [0.05, 0.1) is 38.5 Å². The smallest absolute Gasteiger partial charge is 0.335 e. The van der Waals surface area contributed by atoms with Crippen molar-refractivity contribution in [2.45, 2.75) is 6.04 Å². The van der Waals surface area contributed by atoms with Crippen molar-refractivity contribution in [3.63, 3.8) is 0 Å². The Hall–Kier alpha value is -2.93. The van der Waals surface area contributed by atoms with Gasteiger partial charge in [0.1, 0.15) is 5.82 Å². The van der Waals surface area contributed by atoms with Gasteiger partial charge in [-0.15, -0.1) is 0 Å². The summed E-state index contributed by atoms with van der Waals surface area (Å²) in [5.74, 6) is -0.587. The van der Waals surface area contributed by atoms with Crippen molar-refractivity contribution in [3.05, 3.63) is 41.5 Å². The van der Waals surface area contributed by atoms with E-state index in [1.54, 1.807) is 11.0 Å². The van der Waals surface area contributed by atoms with Crippen LogP contribution in [0, 0.1) is 0 Å². The van der Waals surface area contributed by atoms with Crippen molar-refractivity contribution in [1.29, 1.82) is 0 Å². The SMILES string of the molecule is COC(=O)C1=Cc2cc3ccccc3nc2N([C@@H](CO)C(=O)OC)C1. The molecule has 0 saturated heterocycles. The van der Waals surface area contributed by atoms with Crippen LogP contribution in [-0.2, 0) is 19.1 Å². The van der Waals surface area contributed by atoms with Crippen LogP contribution in [0.5, 0.6) is 0 Å². The van der Waals surface area contributed by atoms with E-state index in [2.05, 4.69) is 4.98 Å². The van der Waals surface area contributed by atoms with Crippen LogP contribution in [0.2, 0.25) is 0 Å². The summed E-state index contributed by atoms with van der Waals surface area (Å²) in [6, 6.07) is 8.46. The van der Waals surface area contributed by atoms with Crippen LogP contribution in [0.1, 0.15) is 5.56 Å². The number of carbonyl (C=O) groups is 2. The fraction of sp³-hybridized carbons (Fsp3) is 0.278. The maximum Gasteiger partial charge on any atom is 0.335 e. The number of benzene rings is 1. The van der Waals surface area contributed by atoms with Gasteiger partial charge in [0.2, 0.25) is 0 Å². The van der Waals surface area contributed by atoms with Crippen LogP contribution in [0.3, 0.4) is 0 Å². The molecule has 0 bridgehead atoms. The molecule has 0 fully saturated rings. The number of anilines is 1. The van der Waals surface area contributed by atoms with Crippen molar-refractivity contribution < 1.29 is 24.2 Å². The van der Waals surface area contributed by atoms with Crippen molar-refractivity contribution >= 4 is 34.7 Å². The number of para-hydroxylation sites is 1. The number of rotatable bonds is 4. The quantitative estimate of drug-likeness (QED) is 0.834. The van der Waals surface area contributed by atoms with Gasteiger partial charge in [0.15, 0.2) is 6.04 Å². The number of aliphatic hydroxyl groups excluding tert-OH is 1. The van der Waals surface area contributed by atoms with Crippen molar-refractivity contribution in [2.24, 2.45) is 0 Å². The molecule has 1 atom stereocenters. The first-order valence-electron chi connectivity index (χ1n) is 7.73. The van der Waals surface area contributed by atoms with Crippen molar-refractivity contribution in [3.8, 4) is 0 Å². The number of hydrogen-bond acceptors (Lipinski definition) is 7. The zero-order valence-corrected chi connectivity index (χ0v) is 13.9. The number of aliphatic hydroxyl groups is 1. The number of methoxy groups -OCH3 is 2. The molecule has 25 heavy (non-hydrogen) atoms. The molecule has 1 aliphatic heterocycles. The number of carbonyl (C=O) groups excluding carboxylic acids is 2. The monoisotopic (exact) mass is 342 g/mol. The fourth-order valence-electron chi connectivity index (χ4n) is 2.90. The summed E-state index contributed by atoms with van der Waals surface area (Å²) in [6.45, 7) is -0.375. The lowest BCUT2D eigenvalue weighted by Crippen LogP contribution is -2.48. The van der Waals surface area contributed by atoms with E-state index in [0.717, 1.165) is 10.9 Å². The number of fused-ring (bicyclic) bond motifs is 2. The van der Waals surface area contributed by atoms with Crippen LogP contribution in [0.4, 0.5) is 5.82 Å². The molecule has 2 aromatic rings. The van der Waals surface area contributed by atoms with E-state index >= 15 is 0 Å². The molecule has 0 unspecified atom stereocenters. The van der Waals surface area contributed by atoms with Gasteiger partial charge >= 0.3 is 11.9 Å². The molecule has 130 valence electrons. The van der Waals surface area contributed by atoms with Gasteiger partial charge in [-0.1, -0.05) is 18.2 Å². The molecule has 1 aromatic carbocycles. The number of esters is 2. The Morgan fingerprint density at radius 2 is 2.04 bits per heavy atom. The summed E-state index contributed by atoms with van der Waals surface area (Å²) in [7, 11) is 2.55. The minimum atomic E-state index is -0.967. The highest BCUT2D eigenvalue weighted by atomic mass is 16.5.